The van der Waals surface area contributed by atoms with E-state index in [4.69, 9.17) is 4.74 Å². The van der Waals surface area contributed by atoms with E-state index in [1.54, 1.807) is 6.07 Å². The van der Waals surface area contributed by atoms with Crippen LogP contribution in [0.25, 0.3) is 43.6 Å². The summed E-state index contributed by atoms with van der Waals surface area (Å²) in [6, 6.07) is 8.88. The summed E-state index contributed by atoms with van der Waals surface area (Å²) < 4.78 is 7.41. The van der Waals surface area contributed by atoms with Crippen molar-refractivity contribution in [2.45, 2.75) is 30.6 Å². The Morgan fingerprint density at radius 1 is 0.842 bits per heavy atom. The lowest BCUT2D eigenvalue weighted by Crippen LogP contribution is -2.56. The molecule has 0 radical (unpaired) electrons. The second-order valence-electron chi connectivity index (χ2n) is 9.65. The Hall–Kier alpha value is -4.20. The highest BCUT2D eigenvalue weighted by atomic mass is 16.6. The molecule has 0 saturated carbocycles. The molecule has 5 aromatic rings. The van der Waals surface area contributed by atoms with Gasteiger partial charge in [0.1, 0.15) is 35.9 Å². The molecule has 1 fully saturated rings. The highest BCUT2D eigenvalue weighted by Gasteiger charge is 2.46. The zero-order chi connectivity index (χ0) is 26.6. The summed E-state index contributed by atoms with van der Waals surface area (Å²) in [5.41, 5.74) is 1.74. The number of nitrogens with one attached hydrogen (secondary N) is 2. The highest BCUT2D eigenvalue weighted by Crippen LogP contribution is 2.47. The first-order valence-corrected chi connectivity index (χ1v) is 11.8. The summed E-state index contributed by atoms with van der Waals surface area (Å²) in [7, 11) is 0. The van der Waals surface area contributed by atoms with Crippen molar-refractivity contribution in [1.82, 2.24) is 14.9 Å². The lowest BCUT2D eigenvalue weighted by molar-refractivity contribution is -0.249. The standard InChI is InChI=1S/C26H21N3O9/c30-7-14-21(33)22(34)23(35)26(38-14)29-13-4-2-9(32)6-11(13)16-18-17(24(36)28-25(18)37)15-10-5-8(31)1-3-12(10)27-19(15)20(16)29/h1-6,14,21-23,26-27,30-35H,7H2,(H,28,36,37)/t14-,21-,22+,23-,26?/m1/s1. The first kappa shape index (κ1) is 23.0. The second kappa shape index (κ2) is 7.66. The fourth-order valence-electron chi connectivity index (χ4n) is 5.91. The van der Waals surface area contributed by atoms with Crippen molar-refractivity contribution in [3.05, 3.63) is 47.5 Å². The summed E-state index contributed by atoms with van der Waals surface area (Å²) in [5, 5.41) is 66.1. The van der Waals surface area contributed by atoms with Crippen LogP contribution in [0.4, 0.5) is 0 Å². The molecule has 12 heteroatoms. The van der Waals surface area contributed by atoms with E-state index in [0.717, 1.165) is 0 Å². The fourth-order valence-corrected chi connectivity index (χ4v) is 5.91. The number of aliphatic hydroxyl groups excluding tert-OH is 4. The number of nitrogens with zero attached hydrogens (tertiary/aromatic N) is 1. The Bertz CT molecular complexity index is 1850. The number of phenols is 2. The molecular formula is C26H21N3O9. The Kier molecular flexibility index (Phi) is 4.63. The summed E-state index contributed by atoms with van der Waals surface area (Å²) in [4.78, 5) is 29.5. The SMILES string of the molecule is O=C1NC(=O)c2c1c1c3cc(O)ccc3[nH]c1c1c2c2cc(O)ccc2n1C1O[C@H](CO)[C@@H](O)[C@H](O)[C@H]1O. The number of hydrogen-bond donors (Lipinski definition) is 8. The molecule has 194 valence electrons. The molecule has 1 unspecified atom stereocenters. The topological polar surface area (TPSA) is 197 Å². The quantitative estimate of drug-likeness (QED) is 0.155. The molecular weight excluding hydrogens is 498 g/mol. The van der Waals surface area contributed by atoms with E-state index >= 15 is 0 Å². The number of fused-ring (bicyclic) bond motifs is 10. The zero-order valence-electron chi connectivity index (χ0n) is 19.4. The van der Waals surface area contributed by atoms with Crippen molar-refractivity contribution >= 4 is 55.4 Å². The van der Waals surface area contributed by atoms with Crippen LogP contribution in [0.1, 0.15) is 26.9 Å². The minimum atomic E-state index is -1.68. The number of aromatic hydroxyl groups is 2. The van der Waals surface area contributed by atoms with Gasteiger partial charge in [-0.25, -0.2) is 0 Å². The molecule has 4 heterocycles. The molecule has 0 spiro atoms. The van der Waals surface area contributed by atoms with Gasteiger partial charge in [0.2, 0.25) is 0 Å². The van der Waals surface area contributed by atoms with Crippen molar-refractivity contribution in [3.63, 3.8) is 0 Å². The van der Waals surface area contributed by atoms with Gasteiger partial charge >= 0.3 is 0 Å². The van der Waals surface area contributed by atoms with Gasteiger partial charge in [0.15, 0.2) is 6.23 Å². The van der Waals surface area contributed by atoms with Gasteiger partial charge in [-0.05, 0) is 36.4 Å². The average molecular weight is 519 g/mol. The molecule has 3 aromatic carbocycles. The number of aromatic nitrogens is 2. The molecule has 2 amide bonds. The number of aliphatic hydroxyl groups is 4. The molecule has 2 aliphatic heterocycles. The minimum absolute atomic E-state index is 0.0423. The largest absolute Gasteiger partial charge is 0.508 e. The maximum atomic E-state index is 13.2. The maximum absolute atomic E-state index is 13.2. The van der Waals surface area contributed by atoms with Crippen LogP contribution in [-0.4, -0.2) is 83.0 Å². The van der Waals surface area contributed by atoms with Crippen LogP contribution in [0.3, 0.4) is 0 Å². The van der Waals surface area contributed by atoms with Crippen molar-refractivity contribution in [1.29, 1.82) is 0 Å². The Morgan fingerprint density at radius 3 is 2.21 bits per heavy atom. The minimum Gasteiger partial charge on any atom is -0.508 e. The van der Waals surface area contributed by atoms with E-state index in [1.807, 2.05) is 0 Å². The number of hydrogen-bond acceptors (Lipinski definition) is 9. The highest BCUT2D eigenvalue weighted by molar-refractivity contribution is 6.39. The second-order valence-corrected chi connectivity index (χ2v) is 9.65. The zero-order valence-corrected chi connectivity index (χ0v) is 19.4. The van der Waals surface area contributed by atoms with Gasteiger partial charge in [0, 0.05) is 27.1 Å². The summed E-state index contributed by atoms with van der Waals surface area (Å²) in [6.07, 6.45) is -7.49. The number of carbonyl (C=O) groups excluding carboxylic acids is 2. The van der Waals surface area contributed by atoms with E-state index < -0.39 is 49.1 Å². The van der Waals surface area contributed by atoms with E-state index in [1.165, 1.54) is 34.9 Å². The summed E-state index contributed by atoms with van der Waals surface area (Å²) in [6.45, 7) is -0.646. The number of amides is 2. The third-order valence-corrected chi connectivity index (χ3v) is 7.56. The predicted molar refractivity (Wildman–Crippen MR) is 133 cm³/mol. The van der Waals surface area contributed by atoms with Gasteiger partial charge in [-0.2, -0.15) is 0 Å². The number of rotatable bonds is 2. The van der Waals surface area contributed by atoms with Crippen LogP contribution in [0, 0.1) is 0 Å². The molecule has 7 rings (SSSR count). The van der Waals surface area contributed by atoms with E-state index in [0.29, 0.717) is 38.2 Å². The number of phenolic OH excluding ortho intramolecular Hbond substituents is 2. The number of imide groups is 1. The Morgan fingerprint density at radius 2 is 1.50 bits per heavy atom. The summed E-state index contributed by atoms with van der Waals surface area (Å²) in [5.74, 6) is -1.47. The first-order chi connectivity index (χ1) is 18.2. The maximum Gasteiger partial charge on any atom is 0.259 e. The Balaban J connectivity index is 1.72. The normalized spacial score (nSPS) is 25.6. The predicted octanol–water partition coefficient (Wildman–Crippen LogP) is 0.696. The lowest BCUT2D eigenvalue weighted by Gasteiger charge is -2.41. The van der Waals surface area contributed by atoms with E-state index in [2.05, 4.69) is 10.3 Å². The number of carbonyl (C=O) groups is 2. The van der Waals surface area contributed by atoms with Gasteiger partial charge in [-0.3, -0.25) is 14.9 Å². The Labute approximate surface area is 211 Å². The average Bonchev–Trinajstić information content (AvgIpc) is 3.51. The van der Waals surface area contributed by atoms with Crippen LogP contribution < -0.4 is 5.32 Å². The number of H-pyrrole nitrogens is 1. The molecule has 38 heavy (non-hydrogen) atoms. The van der Waals surface area contributed by atoms with Crippen LogP contribution in [0.5, 0.6) is 11.5 Å². The van der Waals surface area contributed by atoms with Crippen LogP contribution in [0.2, 0.25) is 0 Å². The van der Waals surface area contributed by atoms with Gasteiger partial charge in [0.05, 0.1) is 34.3 Å². The monoisotopic (exact) mass is 519 g/mol. The van der Waals surface area contributed by atoms with Crippen molar-refractivity contribution < 1.29 is 45.0 Å². The van der Waals surface area contributed by atoms with Crippen LogP contribution >= 0.6 is 0 Å². The smallest absolute Gasteiger partial charge is 0.259 e. The summed E-state index contributed by atoms with van der Waals surface area (Å²) >= 11 is 0. The number of benzene rings is 3. The molecule has 5 atom stereocenters. The van der Waals surface area contributed by atoms with Gasteiger partial charge in [-0.1, -0.05) is 0 Å². The van der Waals surface area contributed by atoms with Crippen LogP contribution in [0.15, 0.2) is 36.4 Å². The van der Waals surface area contributed by atoms with Gasteiger partial charge in [0.25, 0.3) is 11.8 Å². The molecule has 12 nitrogen and oxygen atoms in total. The molecule has 0 aliphatic carbocycles. The number of ether oxygens (including phenoxy) is 1. The molecule has 1 saturated heterocycles. The van der Waals surface area contributed by atoms with Crippen molar-refractivity contribution in [3.8, 4) is 11.5 Å². The van der Waals surface area contributed by atoms with Crippen molar-refractivity contribution in [2.24, 2.45) is 0 Å². The van der Waals surface area contributed by atoms with E-state index in [-0.39, 0.29) is 28.0 Å². The fraction of sp³-hybridized carbons (Fsp3) is 0.231. The third-order valence-electron chi connectivity index (χ3n) is 7.56. The van der Waals surface area contributed by atoms with Gasteiger partial charge in [-0.15, -0.1) is 0 Å². The van der Waals surface area contributed by atoms with Crippen LogP contribution in [-0.2, 0) is 4.74 Å². The molecule has 2 aromatic heterocycles. The molecule has 8 N–H and O–H groups in total. The van der Waals surface area contributed by atoms with E-state index in [9.17, 15) is 40.2 Å². The van der Waals surface area contributed by atoms with Crippen molar-refractivity contribution in [2.75, 3.05) is 6.61 Å². The third kappa shape index (κ3) is 2.80. The molecule has 2 aliphatic rings. The number of aromatic amines is 1. The molecule has 0 bridgehead atoms. The first-order valence-electron chi connectivity index (χ1n) is 11.8. The lowest BCUT2D eigenvalue weighted by atomic mass is 9.96. The van der Waals surface area contributed by atoms with Gasteiger partial charge < -0.3 is 44.9 Å².